The molecule has 3 amide bonds. The van der Waals surface area contributed by atoms with Crippen LogP contribution in [0.5, 0.6) is 0 Å². The van der Waals surface area contributed by atoms with Gasteiger partial charge < -0.3 is 0 Å². The van der Waals surface area contributed by atoms with Crippen molar-refractivity contribution in [1.82, 2.24) is 41.1 Å². The number of carbonyl (C=O) groups excluding carboxylic acids is 3. The van der Waals surface area contributed by atoms with E-state index in [1.165, 1.54) is 37.3 Å². The monoisotopic (exact) mass is 1680 g/mol. The van der Waals surface area contributed by atoms with Gasteiger partial charge in [-0.15, -0.1) is 68.0 Å². The summed E-state index contributed by atoms with van der Waals surface area (Å²) in [5.41, 5.74) is -18.7. The van der Waals surface area contributed by atoms with Crippen LogP contribution >= 0.6 is 75.8 Å². The van der Waals surface area contributed by atoms with Crippen molar-refractivity contribution >= 4 is 124 Å². The van der Waals surface area contributed by atoms with E-state index < -0.39 is 217 Å². The maximum Gasteiger partial charge on any atom is 0.480 e. The van der Waals surface area contributed by atoms with Gasteiger partial charge in [0.05, 0.1) is 52.5 Å². The minimum absolute atomic E-state index is 0.0561. The third-order valence-electron chi connectivity index (χ3n) is 16.8. The van der Waals surface area contributed by atoms with Gasteiger partial charge in [-0.1, -0.05) is 0 Å². The number of fused-ring (bicyclic) bond motifs is 3. The summed E-state index contributed by atoms with van der Waals surface area (Å²) >= 11 is 3.37. The molecule has 0 atom stereocenters. The number of phosphoric ester groups is 1. The fraction of sp³-hybridized carbons (Fsp3) is 0.238. The molecule has 0 fully saturated rings. The van der Waals surface area contributed by atoms with E-state index in [0.29, 0.717) is 45.6 Å². The van der Waals surface area contributed by atoms with Crippen molar-refractivity contribution in [3.05, 3.63) is 214 Å². The molecule has 47 heteroatoms. The normalized spacial score (nSPS) is 13.5. The molecule has 0 N–H and O–H groups in total. The average Bonchev–Trinajstić information content (AvgIpc) is 1.57. The first-order chi connectivity index (χ1) is 51.5. The number of thiazole rings is 3. The Balaban J connectivity index is 1.04. The van der Waals surface area contributed by atoms with Gasteiger partial charge in [0.25, 0.3) is 34.4 Å². The van der Waals surface area contributed by atoms with Crippen LogP contribution in [0.25, 0.3) is 64.4 Å². The summed E-state index contributed by atoms with van der Waals surface area (Å²) in [7, 11) is 1.07. The van der Waals surface area contributed by atoms with Crippen LogP contribution < -0.4 is 48.2 Å². The van der Waals surface area contributed by atoms with Gasteiger partial charge in [0.2, 0.25) is 0 Å². The van der Waals surface area contributed by atoms with E-state index in [2.05, 4.69) is 15.0 Å². The summed E-state index contributed by atoms with van der Waals surface area (Å²) in [5, 5.41) is 5.81. The zero-order valence-electron chi connectivity index (χ0n) is 55.9. The second kappa shape index (κ2) is 29.6. The molecule has 0 unspecified atom stereocenters. The van der Waals surface area contributed by atoms with Crippen molar-refractivity contribution in [3.63, 3.8) is 0 Å². The Labute approximate surface area is 623 Å². The molecule has 0 aliphatic rings. The van der Waals surface area contributed by atoms with E-state index in [4.69, 9.17) is 13.6 Å². The lowest BCUT2D eigenvalue weighted by Gasteiger charge is -2.21. The third-order valence-corrected chi connectivity index (χ3v) is 24.0. The molecular formula is C63H42F15N12O13PS6. The number of rotatable bonds is 18. The number of aromatic nitrogens is 9. The number of benzene rings is 3. The van der Waals surface area contributed by atoms with Crippen molar-refractivity contribution < 1.29 is 98.4 Å². The highest BCUT2D eigenvalue weighted by molar-refractivity contribution is 7.48. The molecule has 3 aromatic carbocycles. The van der Waals surface area contributed by atoms with Crippen molar-refractivity contribution in [3.8, 4) is 33.8 Å². The first-order valence-corrected chi connectivity index (χ1v) is 37.2. The summed E-state index contributed by atoms with van der Waals surface area (Å²) in [6.45, 7) is -4.96. The number of phosphoric acid groups is 1. The molecule has 0 radical (unpaired) electrons. The van der Waals surface area contributed by atoms with Gasteiger partial charge in [0.1, 0.15) is 86.3 Å². The quantitative estimate of drug-likeness (QED) is 0.0571. The summed E-state index contributed by atoms with van der Waals surface area (Å²) < 4.78 is 266. The molecule has 12 aromatic rings. The van der Waals surface area contributed by atoms with Gasteiger partial charge in [-0.25, -0.2) is 45.3 Å². The van der Waals surface area contributed by atoms with Gasteiger partial charge in [0.15, 0.2) is 14.4 Å². The molecule has 0 aliphatic carbocycles. The predicted molar refractivity (Wildman–Crippen MR) is 369 cm³/mol. The Morgan fingerprint density at radius 3 is 0.864 bits per heavy atom. The lowest BCUT2D eigenvalue weighted by atomic mass is 10.1. The van der Waals surface area contributed by atoms with Gasteiger partial charge >= 0.3 is 43.4 Å². The summed E-state index contributed by atoms with van der Waals surface area (Å²) in [6.07, 6.45) is -19.9. The summed E-state index contributed by atoms with van der Waals surface area (Å²) in [5.74, 6) is -17.2. The second-order valence-corrected chi connectivity index (χ2v) is 30.3. The zero-order chi connectivity index (χ0) is 80.2. The van der Waals surface area contributed by atoms with E-state index in [1.807, 2.05) is 0 Å². The van der Waals surface area contributed by atoms with Gasteiger partial charge in [-0.05, 0) is 69.2 Å². The van der Waals surface area contributed by atoms with Crippen LogP contribution in [-0.2, 0) is 133 Å². The number of amides is 3. The van der Waals surface area contributed by atoms with Crippen LogP contribution in [0.2, 0.25) is 0 Å². The van der Waals surface area contributed by atoms with Crippen molar-refractivity contribution in [2.75, 3.05) is 0 Å². The molecule has 9 heterocycles. The average molecular weight is 1680 g/mol. The SMILES string of the molecule is Cn1c(=O)c2c(CC(=O)N=c3scc(-c4ccc(F)c(C(F)(F)F)c4F)n3COP(=O)(OCn3c(-c4ccc(F)c(C(F)(F)F)c4F)csc3=NC(=O)Cc3csc4c3c(=O)n(C)c(=O)n4C)OCn3c(-c4ccc(F)c(C(F)(F)F)c4F)csc3=NC(=O)Cc3csc4c3c(=O)n(C)c(=O)n4C)csc2n(C)c1=O. The van der Waals surface area contributed by atoms with E-state index in [1.54, 1.807) is 0 Å². The van der Waals surface area contributed by atoms with E-state index in [9.17, 15) is 82.7 Å². The lowest BCUT2D eigenvalue weighted by molar-refractivity contribution is -0.143. The number of hydrogen-bond acceptors (Lipinski definition) is 19. The van der Waals surface area contributed by atoms with E-state index in [-0.39, 0.29) is 99.5 Å². The Morgan fingerprint density at radius 1 is 0.382 bits per heavy atom. The van der Waals surface area contributed by atoms with Gasteiger partial charge in [-0.2, -0.15) is 54.5 Å². The summed E-state index contributed by atoms with van der Waals surface area (Å²) in [4.78, 5) is 131. The van der Waals surface area contributed by atoms with Crippen LogP contribution in [-0.4, -0.2) is 58.8 Å². The maximum absolute atomic E-state index is 16.5. The highest BCUT2D eigenvalue weighted by Crippen LogP contribution is 2.52. The topological polar surface area (TPSA) is 280 Å². The second-order valence-electron chi connectivity index (χ2n) is 23.5. The smallest absolute Gasteiger partial charge is 0.292 e. The van der Waals surface area contributed by atoms with Gasteiger partial charge in [-0.3, -0.25) is 83.4 Å². The Hall–Kier alpha value is -10.1. The lowest BCUT2D eigenvalue weighted by Crippen LogP contribution is -2.36. The molecule has 0 spiro atoms. The number of alkyl halides is 9. The molecule has 25 nitrogen and oxygen atoms in total. The number of halogens is 15. The van der Waals surface area contributed by atoms with Gasteiger partial charge in [0, 0.05) is 75.1 Å². The largest absolute Gasteiger partial charge is 0.480 e. The number of hydrogen-bond donors (Lipinski definition) is 0. The number of carbonyl (C=O) groups is 3. The van der Waals surface area contributed by atoms with Crippen LogP contribution in [0.4, 0.5) is 65.9 Å². The molecule has 578 valence electrons. The maximum atomic E-state index is 16.5. The van der Waals surface area contributed by atoms with Crippen molar-refractivity contribution in [1.29, 1.82) is 0 Å². The fourth-order valence-corrected chi connectivity index (χ4v) is 18.2. The minimum Gasteiger partial charge on any atom is -0.292 e. The Morgan fingerprint density at radius 2 is 0.627 bits per heavy atom. The third kappa shape index (κ3) is 14.6. The summed E-state index contributed by atoms with van der Waals surface area (Å²) in [6, 6.07) is 1.86. The van der Waals surface area contributed by atoms with Crippen LogP contribution in [0.1, 0.15) is 33.4 Å². The standard InChI is InChI=1S/C63H42F15N12O13PS6/c1-82-49(94)40-25(16-105-52(40)85(4)58(82)97)13-37(91)79-55-88(34(19-108-55)28-7-10-31(64)43(46(28)67)61(70,71)72)22-101-104(100,102-23-89-35(29-8-11-32(65)44(47(29)68)62(73,74)75)20-109-56(89)80-38(92)14-26-17-106-53-41(26)50(95)83(2)59(98)86(53)5)103-24-90-36(30-9-12-33(66)45(48(30)69)63(76,77)78)21-110-57(90)81-39(93)15-27-18-107-54-42(27)51(96)84(3)60(99)87(54)6/h7-12,16-21H,13-15,22-24H2,1-6H3. The fourth-order valence-electron chi connectivity index (χ4n) is 11.4. The molecule has 9 aromatic heterocycles. The zero-order valence-corrected chi connectivity index (χ0v) is 61.7. The molecule has 0 saturated heterocycles. The predicted octanol–water partition coefficient (Wildman–Crippen LogP) is 10.4. The van der Waals surface area contributed by atoms with Crippen LogP contribution in [0.15, 0.2) is 112 Å². The molecule has 0 aliphatic heterocycles. The Kier molecular flexibility index (Phi) is 21.4. The van der Waals surface area contributed by atoms with Crippen LogP contribution in [0.3, 0.4) is 0 Å². The number of nitrogens with zero attached hydrogens (tertiary/aromatic N) is 12. The van der Waals surface area contributed by atoms with Crippen molar-refractivity contribution in [2.45, 2.75) is 58.0 Å². The number of thiophene rings is 3. The highest BCUT2D eigenvalue weighted by atomic mass is 32.1. The first-order valence-electron chi connectivity index (χ1n) is 30.5. The molecule has 12 rings (SSSR count). The highest BCUT2D eigenvalue weighted by Gasteiger charge is 2.43. The van der Waals surface area contributed by atoms with Crippen LogP contribution in [0, 0.1) is 34.9 Å². The number of aryl methyl sites for hydroxylation is 3. The molecule has 110 heavy (non-hydrogen) atoms. The van der Waals surface area contributed by atoms with Crippen molar-refractivity contribution in [2.24, 2.45) is 57.3 Å². The Bertz CT molecular complexity index is 5970. The molecular weight excluding hydrogens is 1640 g/mol. The minimum atomic E-state index is -6.21. The van der Waals surface area contributed by atoms with E-state index >= 15 is 30.9 Å². The first kappa shape index (κ1) is 79.5. The van der Waals surface area contributed by atoms with E-state index in [0.717, 1.165) is 85.0 Å². The molecule has 0 saturated carbocycles. The molecule has 0 bridgehead atoms.